The third-order valence-electron chi connectivity index (χ3n) is 8.11. The highest BCUT2D eigenvalue weighted by Gasteiger charge is 2.51. The Morgan fingerprint density at radius 2 is 1.11 bits per heavy atom. The highest BCUT2D eigenvalue weighted by Crippen LogP contribution is 2.34. The van der Waals surface area contributed by atoms with Crippen LogP contribution >= 0.6 is 0 Å². The van der Waals surface area contributed by atoms with Crippen molar-refractivity contribution in [3.63, 3.8) is 0 Å². The summed E-state index contributed by atoms with van der Waals surface area (Å²) in [5, 5.41) is 0. The van der Waals surface area contributed by atoms with Crippen molar-refractivity contribution in [3.05, 3.63) is 33.1 Å². The van der Waals surface area contributed by atoms with E-state index in [1.54, 1.807) is 0 Å². The van der Waals surface area contributed by atoms with E-state index in [2.05, 4.69) is 4.98 Å². The number of aromatic nitrogens is 2. The number of esters is 3. The van der Waals surface area contributed by atoms with Crippen LogP contribution in [-0.2, 0) is 33.3 Å². The lowest BCUT2D eigenvalue weighted by Gasteiger charge is -2.25. The van der Waals surface area contributed by atoms with Crippen LogP contribution in [0.5, 0.6) is 0 Å². The van der Waals surface area contributed by atoms with E-state index in [0.717, 1.165) is 87.7 Å². The number of hydrogen-bond donors (Lipinski definition) is 4. The van der Waals surface area contributed by atoms with E-state index in [1.807, 2.05) is 0 Å². The van der Waals surface area contributed by atoms with E-state index in [4.69, 9.17) is 36.1 Å². The Bertz CT molecular complexity index is 1160. The van der Waals surface area contributed by atoms with Gasteiger partial charge in [0.2, 0.25) is 0 Å². The Morgan fingerprint density at radius 3 is 1.60 bits per heavy atom. The highest BCUT2D eigenvalue weighted by molar-refractivity contribution is 5.71. The molecule has 1 aliphatic rings. The van der Waals surface area contributed by atoms with E-state index in [-0.39, 0.29) is 25.9 Å². The third-order valence-corrected chi connectivity index (χ3v) is 8.11. The molecular formula is C33H57N5O9. The van der Waals surface area contributed by atoms with Crippen molar-refractivity contribution >= 4 is 17.9 Å². The average Bonchev–Trinajstić information content (AvgIpc) is 3.36. The molecule has 1 aliphatic heterocycles. The minimum atomic E-state index is -1.24. The summed E-state index contributed by atoms with van der Waals surface area (Å²) < 4.78 is 24.4. The van der Waals surface area contributed by atoms with Crippen molar-refractivity contribution in [2.24, 2.45) is 17.2 Å². The molecule has 1 saturated heterocycles. The van der Waals surface area contributed by atoms with Crippen LogP contribution in [0.4, 0.5) is 0 Å². The summed E-state index contributed by atoms with van der Waals surface area (Å²) in [4.78, 5) is 65.4. The SMILES string of the molecule is NCCCCCCCC(=O)OC[C@H]1O[C@@H](n2ccc(=O)[nH]c2=O)[C@H](OC(=O)CCCCCCCN)[C@@H]1OC(=O)CCCCCCCN. The number of nitrogens with two attached hydrogens (primary N) is 3. The molecule has 0 spiro atoms. The van der Waals surface area contributed by atoms with Gasteiger partial charge in [0, 0.05) is 31.5 Å². The van der Waals surface area contributed by atoms with Gasteiger partial charge in [-0.15, -0.1) is 0 Å². The number of carbonyl (C=O) groups excluding carboxylic acids is 3. The Labute approximate surface area is 277 Å². The van der Waals surface area contributed by atoms with Crippen molar-refractivity contribution in [2.45, 2.75) is 140 Å². The quantitative estimate of drug-likeness (QED) is 0.0636. The third kappa shape index (κ3) is 16.1. The second-order valence-electron chi connectivity index (χ2n) is 12.1. The Hall–Kier alpha value is -3.07. The Balaban J connectivity index is 2.17. The molecule has 2 rings (SSSR count). The molecule has 268 valence electrons. The lowest BCUT2D eigenvalue weighted by molar-refractivity contribution is -0.169. The van der Waals surface area contributed by atoms with Crippen molar-refractivity contribution < 1.29 is 33.3 Å². The number of carbonyl (C=O) groups is 3. The smallest absolute Gasteiger partial charge is 0.330 e. The summed E-state index contributed by atoms with van der Waals surface area (Å²) >= 11 is 0. The molecule has 14 heteroatoms. The van der Waals surface area contributed by atoms with Crippen LogP contribution in [0.15, 0.2) is 21.9 Å². The van der Waals surface area contributed by atoms with Crippen LogP contribution in [-0.4, -0.2) is 72.0 Å². The summed E-state index contributed by atoms with van der Waals surface area (Å²) in [6.45, 7) is 1.60. The van der Waals surface area contributed by atoms with Gasteiger partial charge in [-0.2, -0.15) is 0 Å². The van der Waals surface area contributed by atoms with Gasteiger partial charge in [-0.25, -0.2) is 4.79 Å². The van der Waals surface area contributed by atoms with Gasteiger partial charge in [-0.05, 0) is 58.2 Å². The number of H-pyrrole nitrogens is 1. The molecule has 0 aromatic carbocycles. The van der Waals surface area contributed by atoms with Gasteiger partial charge < -0.3 is 36.1 Å². The number of aromatic amines is 1. The first kappa shape index (κ1) is 40.1. The van der Waals surface area contributed by atoms with Gasteiger partial charge in [0.15, 0.2) is 18.4 Å². The van der Waals surface area contributed by atoms with Crippen LogP contribution in [0.1, 0.15) is 122 Å². The second kappa shape index (κ2) is 24.1. The fraction of sp³-hybridized carbons (Fsp3) is 0.788. The summed E-state index contributed by atoms with van der Waals surface area (Å²) in [6, 6.07) is 1.14. The van der Waals surface area contributed by atoms with Gasteiger partial charge in [-0.3, -0.25) is 28.7 Å². The molecule has 0 bridgehead atoms. The van der Waals surface area contributed by atoms with Crippen LogP contribution in [0.2, 0.25) is 0 Å². The topological polar surface area (TPSA) is 221 Å². The van der Waals surface area contributed by atoms with Crippen molar-refractivity contribution in [2.75, 3.05) is 26.2 Å². The zero-order valence-electron chi connectivity index (χ0n) is 27.9. The van der Waals surface area contributed by atoms with Gasteiger partial charge in [0.1, 0.15) is 12.7 Å². The van der Waals surface area contributed by atoms with Crippen molar-refractivity contribution in [1.82, 2.24) is 9.55 Å². The molecule has 0 unspecified atom stereocenters. The van der Waals surface area contributed by atoms with Crippen molar-refractivity contribution in [1.29, 1.82) is 0 Å². The molecule has 2 heterocycles. The van der Waals surface area contributed by atoms with Gasteiger partial charge in [0.05, 0.1) is 0 Å². The van der Waals surface area contributed by atoms with E-state index >= 15 is 0 Å². The zero-order valence-corrected chi connectivity index (χ0v) is 27.9. The van der Waals surface area contributed by atoms with Crippen LogP contribution in [0.25, 0.3) is 0 Å². The summed E-state index contributed by atoms with van der Waals surface area (Å²) in [7, 11) is 0. The minimum absolute atomic E-state index is 0.112. The first-order valence-electron chi connectivity index (χ1n) is 17.4. The Kier molecular flexibility index (Phi) is 20.6. The Morgan fingerprint density at radius 1 is 0.660 bits per heavy atom. The maximum atomic E-state index is 13.0. The monoisotopic (exact) mass is 667 g/mol. The molecule has 47 heavy (non-hydrogen) atoms. The van der Waals surface area contributed by atoms with E-state index in [9.17, 15) is 24.0 Å². The molecule has 0 radical (unpaired) electrons. The fourth-order valence-electron chi connectivity index (χ4n) is 5.46. The molecule has 7 N–H and O–H groups in total. The van der Waals surface area contributed by atoms with E-state index in [0.29, 0.717) is 38.9 Å². The molecule has 1 aromatic rings. The number of nitrogens with zero attached hydrogens (tertiary/aromatic N) is 1. The van der Waals surface area contributed by atoms with Crippen LogP contribution in [0.3, 0.4) is 0 Å². The van der Waals surface area contributed by atoms with Gasteiger partial charge in [-0.1, -0.05) is 57.8 Å². The highest BCUT2D eigenvalue weighted by atomic mass is 16.7. The van der Waals surface area contributed by atoms with Crippen molar-refractivity contribution in [3.8, 4) is 0 Å². The molecule has 4 atom stereocenters. The van der Waals surface area contributed by atoms with Gasteiger partial charge in [0.25, 0.3) is 5.56 Å². The zero-order chi connectivity index (χ0) is 34.3. The predicted octanol–water partition coefficient (Wildman–Crippen LogP) is 2.70. The minimum Gasteiger partial charge on any atom is -0.463 e. The number of nitrogens with one attached hydrogen (secondary N) is 1. The molecule has 0 aliphatic carbocycles. The molecule has 14 nitrogen and oxygen atoms in total. The van der Waals surface area contributed by atoms with Crippen LogP contribution < -0.4 is 28.5 Å². The molecule has 0 saturated carbocycles. The fourth-order valence-corrected chi connectivity index (χ4v) is 5.46. The largest absolute Gasteiger partial charge is 0.463 e. The first-order valence-corrected chi connectivity index (χ1v) is 17.4. The first-order chi connectivity index (χ1) is 22.8. The number of unbranched alkanes of at least 4 members (excludes halogenated alkanes) is 12. The van der Waals surface area contributed by atoms with E-state index < -0.39 is 53.7 Å². The lowest BCUT2D eigenvalue weighted by Crippen LogP contribution is -2.43. The van der Waals surface area contributed by atoms with E-state index in [1.165, 1.54) is 6.20 Å². The maximum absolute atomic E-state index is 13.0. The molecular weight excluding hydrogens is 610 g/mol. The summed E-state index contributed by atoms with van der Waals surface area (Å²) in [5.41, 5.74) is 15.2. The molecule has 1 aromatic heterocycles. The standard InChI is InChI=1S/C33H57N5O9/c34-20-13-7-1-4-10-16-27(40)44-24-25-30(46-28(41)17-11-5-2-8-14-21-35)31(47-29(42)18-12-6-3-9-15-22-36)32(45-25)38-23-19-26(39)37-33(38)43/h19,23,25,30-32H,1-18,20-22,24,34-36H2,(H,37,39,43)/t25-,30-,31-,32-/m1/s1. The maximum Gasteiger partial charge on any atom is 0.330 e. The normalized spacial score (nSPS) is 19.0. The predicted molar refractivity (Wildman–Crippen MR) is 176 cm³/mol. The molecule has 1 fully saturated rings. The number of ether oxygens (including phenoxy) is 4. The van der Waals surface area contributed by atoms with Crippen LogP contribution in [0, 0.1) is 0 Å². The summed E-state index contributed by atoms with van der Waals surface area (Å²) in [5.74, 6) is -1.52. The lowest BCUT2D eigenvalue weighted by atomic mass is 10.1. The molecule has 0 amide bonds. The summed E-state index contributed by atoms with van der Waals surface area (Å²) in [6.07, 6.45) is 9.90. The number of hydrogen-bond acceptors (Lipinski definition) is 12. The number of rotatable bonds is 26. The second-order valence-corrected chi connectivity index (χ2v) is 12.1. The van der Waals surface area contributed by atoms with Gasteiger partial charge >= 0.3 is 23.6 Å². The average molecular weight is 668 g/mol.